The van der Waals surface area contributed by atoms with Crippen molar-refractivity contribution in [2.75, 3.05) is 0 Å². The lowest BCUT2D eigenvalue weighted by molar-refractivity contribution is 0.826. The van der Waals surface area contributed by atoms with Crippen molar-refractivity contribution >= 4 is 16.7 Å². The van der Waals surface area contributed by atoms with Crippen LogP contribution in [0.4, 0.5) is 0 Å². The number of rotatable bonds is 4. The van der Waals surface area contributed by atoms with Crippen LogP contribution in [0.3, 0.4) is 0 Å². The predicted octanol–water partition coefficient (Wildman–Crippen LogP) is 3.87. The fourth-order valence-corrected chi connectivity index (χ4v) is 3.42. The van der Waals surface area contributed by atoms with Gasteiger partial charge in [0.15, 0.2) is 17.1 Å². The van der Waals surface area contributed by atoms with Crippen LogP contribution in [0.1, 0.15) is 22.5 Å². The molecule has 2 aromatic carbocycles. The van der Waals surface area contributed by atoms with Crippen LogP contribution in [-0.2, 0) is 12.8 Å². The second kappa shape index (κ2) is 6.56. The average molecular weight is 368 g/mol. The van der Waals surface area contributed by atoms with Crippen LogP contribution >= 0.6 is 0 Å². The first-order valence-electron chi connectivity index (χ1n) is 9.38. The predicted molar refractivity (Wildman–Crippen MR) is 109 cm³/mol. The molecule has 5 rings (SSSR count). The van der Waals surface area contributed by atoms with Crippen LogP contribution in [0.2, 0.25) is 0 Å². The summed E-state index contributed by atoms with van der Waals surface area (Å²) in [6.07, 6.45) is 5.24. The van der Waals surface area contributed by atoms with E-state index in [1.54, 1.807) is 10.8 Å². The Kier molecular flexibility index (Phi) is 3.90. The van der Waals surface area contributed by atoms with Gasteiger partial charge in [0.25, 0.3) is 0 Å². The van der Waals surface area contributed by atoms with Crippen molar-refractivity contribution in [2.45, 2.75) is 26.7 Å². The van der Waals surface area contributed by atoms with Gasteiger partial charge in [-0.1, -0.05) is 36.4 Å². The minimum absolute atomic E-state index is 0.790. The fourth-order valence-electron chi connectivity index (χ4n) is 3.42. The molecular formula is C22H20N6. The van der Waals surface area contributed by atoms with Gasteiger partial charge in [-0.15, -0.1) is 5.10 Å². The van der Waals surface area contributed by atoms with Gasteiger partial charge in [0.2, 0.25) is 0 Å². The fraction of sp³-hybridized carbons (Fsp3) is 0.182. The summed E-state index contributed by atoms with van der Waals surface area (Å²) < 4.78 is 3.61. The molecule has 0 aliphatic rings. The molecule has 28 heavy (non-hydrogen) atoms. The monoisotopic (exact) mass is 368 g/mol. The van der Waals surface area contributed by atoms with Gasteiger partial charge in [-0.2, -0.15) is 5.10 Å². The normalized spacial score (nSPS) is 11.5. The first kappa shape index (κ1) is 16.6. The van der Waals surface area contributed by atoms with E-state index in [0.29, 0.717) is 0 Å². The minimum atomic E-state index is 0.790. The largest absolute Gasteiger partial charge is 0.216 e. The third-order valence-electron chi connectivity index (χ3n) is 5.16. The number of hydrogen-bond donors (Lipinski definition) is 0. The highest BCUT2D eigenvalue weighted by atomic mass is 15.3. The molecule has 6 heteroatoms. The Balaban J connectivity index is 1.52. The number of aromatic nitrogens is 6. The van der Waals surface area contributed by atoms with Crippen molar-refractivity contribution in [1.82, 2.24) is 29.4 Å². The Labute approximate surface area is 162 Å². The Morgan fingerprint density at radius 2 is 1.75 bits per heavy atom. The highest BCUT2D eigenvalue weighted by Gasteiger charge is 2.14. The standard InChI is InChI=1S/C22H20N6/c1-15-8-10-18(12-16(15)2)28-21-19(13-24-28)22-25-20(26-27(22)14-23-21)11-9-17-6-4-3-5-7-17/h3-8,10,12-14H,9,11H2,1-2H3. The Bertz CT molecular complexity index is 1280. The molecule has 6 nitrogen and oxygen atoms in total. The van der Waals surface area contributed by atoms with Crippen molar-refractivity contribution in [1.29, 1.82) is 0 Å². The SMILES string of the molecule is Cc1ccc(-n2ncc3c2ncn2nc(CCc4ccccc4)nc32)cc1C. The topological polar surface area (TPSA) is 60.9 Å². The second-order valence-electron chi connectivity index (χ2n) is 7.09. The number of benzene rings is 2. The van der Waals surface area contributed by atoms with Crippen LogP contribution < -0.4 is 0 Å². The zero-order chi connectivity index (χ0) is 19.1. The van der Waals surface area contributed by atoms with Crippen LogP contribution in [0.15, 0.2) is 61.1 Å². The van der Waals surface area contributed by atoms with Crippen LogP contribution in [-0.4, -0.2) is 29.4 Å². The lowest BCUT2D eigenvalue weighted by Crippen LogP contribution is -2.00. The van der Waals surface area contributed by atoms with Crippen LogP contribution in [0.25, 0.3) is 22.4 Å². The van der Waals surface area contributed by atoms with E-state index < -0.39 is 0 Å². The van der Waals surface area contributed by atoms with E-state index in [9.17, 15) is 0 Å². The van der Waals surface area contributed by atoms with Crippen LogP contribution in [0.5, 0.6) is 0 Å². The maximum atomic E-state index is 4.75. The molecule has 0 saturated heterocycles. The molecular weight excluding hydrogens is 348 g/mol. The van der Waals surface area contributed by atoms with E-state index in [-0.39, 0.29) is 0 Å². The van der Waals surface area contributed by atoms with Crippen molar-refractivity contribution in [3.8, 4) is 5.69 Å². The maximum absolute atomic E-state index is 4.75. The quantitative estimate of drug-likeness (QED) is 0.483. The third kappa shape index (κ3) is 2.83. The molecule has 0 aliphatic carbocycles. The molecule has 138 valence electrons. The third-order valence-corrected chi connectivity index (χ3v) is 5.16. The molecule has 0 radical (unpaired) electrons. The van der Waals surface area contributed by atoms with Crippen molar-refractivity contribution in [3.63, 3.8) is 0 Å². The number of nitrogens with zero attached hydrogens (tertiary/aromatic N) is 6. The Morgan fingerprint density at radius 1 is 0.893 bits per heavy atom. The molecule has 0 atom stereocenters. The molecule has 0 aliphatic heterocycles. The molecule has 0 spiro atoms. The summed E-state index contributed by atoms with van der Waals surface area (Å²) in [4.78, 5) is 9.34. The van der Waals surface area contributed by atoms with E-state index in [2.05, 4.69) is 71.5 Å². The average Bonchev–Trinajstić information content (AvgIpc) is 3.33. The van der Waals surface area contributed by atoms with E-state index in [1.165, 1.54) is 16.7 Å². The minimum Gasteiger partial charge on any atom is -0.216 e. The number of hydrogen-bond acceptors (Lipinski definition) is 4. The van der Waals surface area contributed by atoms with Gasteiger partial charge in [0.1, 0.15) is 6.33 Å². The molecule has 0 fully saturated rings. The molecule has 0 amide bonds. The number of aryl methyl sites for hydroxylation is 4. The highest BCUT2D eigenvalue weighted by Crippen LogP contribution is 2.21. The molecule has 0 saturated carbocycles. The van der Waals surface area contributed by atoms with E-state index in [1.807, 2.05) is 16.9 Å². The van der Waals surface area contributed by atoms with E-state index >= 15 is 0 Å². The van der Waals surface area contributed by atoms with Gasteiger partial charge in [0.05, 0.1) is 17.3 Å². The first-order chi connectivity index (χ1) is 13.7. The lowest BCUT2D eigenvalue weighted by atomic mass is 10.1. The van der Waals surface area contributed by atoms with Crippen molar-refractivity contribution < 1.29 is 0 Å². The molecule has 3 aromatic heterocycles. The van der Waals surface area contributed by atoms with Gasteiger partial charge in [-0.25, -0.2) is 19.2 Å². The highest BCUT2D eigenvalue weighted by molar-refractivity contribution is 5.89. The molecule has 0 bridgehead atoms. The summed E-state index contributed by atoms with van der Waals surface area (Å²) in [5.41, 5.74) is 6.36. The molecule has 5 aromatic rings. The molecule has 3 heterocycles. The van der Waals surface area contributed by atoms with Crippen molar-refractivity contribution in [2.24, 2.45) is 0 Å². The first-order valence-corrected chi connectivity index (χ1v) is 9.38. The zero-order valence-corrected chi connectivity index (χ0v) is 15.9. The molecule has 0 N–H and O–H groups in total. The van der Waals surface area contributed by atoms with E-state index in [4.69, 9.17) is 4.98 Å². The summed E-state index contributed by atoms with van der Waals surface area (Å²) >= 11 is 0. The van der Waals surface area contributed by atoms with Gasteiger partial charge in [0, 0.05) is 6.42 Å². The van der Waals surface area contributed by atoms with Crippen LogP contribution in [0, 0.1) is 13.8 Å². The van der Waals surface area contributed by atoms with Gasteiger partial charge < -0.3 is 0 Å². The zero-order valence-electron chi connectivity index (χ0n) is 15.9. The summed E-state index contributed by atoms with van der Waals surface area (Å²) in [7, 11) is 0. The van der Waals surface area contributed by atoms with E-state index in [0.717, 1.165) is 41.0 Å². The Hall–Kier alpha value is -3.54. The van der Waals surface area contributed by atoms with Crippen molar-refractivity contribution in [3.05, 3.63) is 83.6 Å². The summed E-state index contributed by atoms with van der Waals surface area (Å²) in [5, 5.41) is 10.1. The Morgan fingerprint density at radius 3 is 2.57 bits per heavy atom. The summed E-state index contributed by atoms with van der Waals surface area (Å²) in [6, 6.07) is 16.7. The smallest absolute Gasteiger partial charge is 0.170 e. The van der Waals surface area contributed by atoms with Gasteiger partial charge >= 0.3 is 0 Å². The summed E-state index contributed by atoms with van der Waals surface area (Å²) in [6.45, 7) is 4.21. The van der Waals surface area contributed by atoms with Gasteiger partial charge in [-0.3, -0.25) is 0 Å². The lowest BCUT2D eigenvalue weighted by Gasteiger charge is -2.06. The maximum Gasteiger partial charge on any atom is 0.170 e. The summed E-state index contributed by atoms with van der Waals surface area (Å²) in [5.74, 6) is 0.817. The van der Waals surface area contributed by atoms with Gasteiger partial charge in [-0.05, 0) is 49.1 Å². The second-order valence-corrected chi connectivity index (χ2v) is 7.09. The number of fused-ring (bicyclic) bond motifs is 3. The molecule has 0 unspecified atom stereocenters.